The monoisotopic (exact) mass is 294 g/mol. The zero-order valence-corrected chi connectivity index (χ0v) is 12.3. The van der Waals surface area contributed by atoms with E-state index >= 15 is 0 Å². The third-order valence-corrected chi connectivity index (χ3v) is 3.98. The summed E-state index contributed by atoms with van der Waals surface area (Å²) in [6.07, 6.45) is 1.92. The van der Waals surface area contributed by atoms with Gasteiger partial charge in [-0.3, -0.25) is 9.59 Å². The van der Waals surface area contributed by atoms with Gasteiger partial charge >= 0.3 is 0 Å². The Morgan fingerprint density at radius 2 is 1.95 bits per heavy atom. The number of hydrogen-bond acceptors (Lipinski definition) is 2. The average molecular weight is 295 g/mol. The average Bonchev–Trinajstić information content (AvgIpc) is 2.42. The van der Waals surface area contributed by atoms with E-state index in [0.29, 0.717) is 24.5 Å². The summed E-state index contributed by atoms with van der Waals surface area (Å²) in [5.74, 6) is 0.0882. The lowest BCUT2D eigenvalue weighted by atomic mass is 10.0. The molecule has 108 valence electrons. The molecule has 0 radical (unpaired) electrons. The molecule has 1 aliphatic heterocycles. The number of hydrogen-bond donors (Lipinski definition) is 1. The van der Waals surface area contributed by atoms with E-state index in [0.717, 1.165) is 18.4 Å². The van der Waals surface area contributed by atoms with Gasteiger partial charge in [-0.25, -0.2) is 0 Å². The highest BCUT2D eigenvalue weighted by Crippen LogP contribution is 2.16. The molecule has 0 spiro atoms. The van der Waals surface area contributed by atoms with Gasteiger partial charge in [0.1, 0.15) is 0 Å². The molecule has 20 heavy (non-hydrogen) atoms. The van der Waals surface area contributed by atoms with Gasteiger partial charge in [-0.15, -0.1) is 0 Å². The van der Waals surface area contributed by atoms with E-state index in [1.54, 1.807) is 13.0 Å². The van der Waals surface area contributed by atoms with Crippen molar-refractivity contribution >= 4 is 23.4 Å². The first-order valence-corrected chi connectivity index (χ1v) is 7.22. The molecule has 5 heteroatoms. The van der Waals surface area contributed by atoms with Crippen LogP contribution >= 0.6 is 11.6 Å². The van der Waals surface area contributed by atoms with Crippen molar-refractivity contribution in [1.29, 1.82) is 0 Å². The summed E-state index contributed by atoms with van der Waals surface area (Å²) in [6, 6.07) is 7.53. The Labute approximate surface area is 124 Å². The summed E-state index contributed by atoms with van der Waals surface area (Å²) < 4.78 is 0. The number of likely N-dealkylation sites (tertiary alicyclic amines) is 1. The SMILES string of the molecule is CC(=O)N1CCC(NC(=O)Cc2ccccc2Cl)CC1. The molecule has 1 heterocycles. The Morgan fingerprint density at radius 1 is 1.30 bits per heavy atom. The van der Waals surface area contributed by atoms with Crippen LogP contribution in [0.15, 0.2) is 24.3 Å². The Bertz CT molecular complexity index is 496. The molecule has 0 unspecified atom stereocenters. The normalized spacial score (nSPS) is 16.0. The smallest absolute Gasteiger partial charge is 0.224 e. The minimum atomic E-state index is -0.0145. The molecular weight excluding hydrogens is 276 g/mol. The topological polar surface area (TPSA) is 49.4 Å². The van der Waals surface area contributed by atoms with Crippen molar-refractivity contribution < 1.29 is 9.59 Å². The molecule has 1 aromatic carbocycles. The largest absolute Gasteiger partial charge is 0.353 e. The Hall–Kier alpha value is -1.55. The van der Waals surface area contributed by atoms with Crippen molar-refractivity contribution in [3.05, 3.63) is 34.9 Å². The lowest BCUT2D eigenvalue weighted by Gasteiger charge is -2.31. The standard InChI is InChI=1S/C15H19ClN2O2/c1-11(19)18-8-6-13(7-9-18)17-15(20)10-12-4-2-3-5-14(12)16/h2-5,13H,6-10H2,1H3,(H,17,20). The number of rotatable bonds is 3. The molecular formula is C15H19ClN2O2. The van der Waals surface area contributed by atoms with Crippen LogP contribution < -0.4 is 5.32 Å². The lowest BCUT2D eigenvalue weighted by molar-refractivity contribution is -0.130. The molecule has 0 aromatic heterocycles. The van der Waals surface area contributed by atoms with E-state index in [1.807, 2.05) is 23.1 Å². The van der Waals surface area contributed by atoms with Crippen molar-refractivity contribution in [3.8, 4) is 0 Å². The number of nitrogens with zero attached hydrogens (tertiary/aromatic N) is 1. The van der Waals surface area contributed by atoms with E-state index in [9.17, 15) is 9.59 Å². The summed E-state index contributed by atoms with van der Waals surface area (Å²) in [5, 5.41) is 3.64. The molecule has 2 amide bonds. The van der Waals surface area contributed by atoms with Crippen molar-refractivity contribution in [3.63, 3.8) is 0 Å². The number of carbonyl (C=O) groups excluding carboxylic acids is 2. The van der Waals surface area contributed by atoms with Crippen LogP contribution in [0.5, 0.6) is 0 Å². The van der Waals surface area contributed by atoms with Crippen molar-refractivity contribution in [2.24, 2.45) is 0 Å². The quantitative estimate of drug-likeness (QED) is 0.927. The van der Waals surface area contributed by atoms with Gasteiger partial charge in [-0.05, 0) is 24.5 Å². The predicted octanol–water partition coefficient (Wildman–Crippen LogP) is 2.01. The van der Waals surface area contributed by atoms with E-state index in [2.05, 4.69) is 5.32 Å². The third kappa shape index (κ3) is 3.97. The second kappa shape index (κ2) is 6.75. The minimum Gasteiger partial charge on any atom is -0.353 e. The lowest BCUT2D eigenvalue weighted by Crippen LogP contribution is -2.46. The molecule has 4 nitrogen and oxygen atoms in total. The minimum absolute atomic E-state index is 0.0145. The van der Waals surface area contributed by atoms with Crippen LogP contribution in [0.2, 0.25) is 5.02 Å². The highest BCUT2D eigenvalue weighted by molar-refractivity contribution is 6.31. The molecule has 1 aromatic rings. The maximum atomic E-state index is 12.0. The van der Waals surface area contributed by atoms with Crippen LogP contribution in [-0.4, -0.2) is 35.8 Å². The molecule has 0 bridgehead atoms. The van der Waals surface area contributed by atoms with Crippen molar-refractivity contribution in [1.82, 2.24) is 10.2 Å². The molecule has 1 N–H and O–H groups in total. The highest BCUT2D eigenvalue weighted by atomic mass is 35.5. The van der Waals surface area contributed by atoms with E-state index in [-0.39, 0.29) is 17.9 Å². The fourth-order valence-corrected chi connectivity index (χ4v) is 2.63. The molecule has 1 fully saturated rings. The van der Waals surface area contributed by atoms with Gasteiger partial charge in [0.25, 0.3) is 0 Å². The van der Waals surface area contributed by atoms with Gasteiger partial charge in [0, 0.05) is 31.1 Å². The van der Waals surface area contributed by atoms with Gasteiger partial charge in [0.2, 0.25) is 11.8 Å². The predicted molar refractivity (Wildman–Crippen MR) is 78.6 cm³/mol. The molecule has 0 saturated carbocycles. The van der Waals surface area contributed by atoms with E-state index < -0.39 is 0 Å². The maximum absolute atomic E-state index is 12.0. The second-order valence-corrected chi connectivity index (χ2v) is 5.52. The summed E-state index contributed by atoms with van der Waals surface area (Å²) in [7, 11) is 0. The van der Waals surface area contributed by atoms with Gasteiger partial charge in [-0.2, -0.15) is 0 Å². The molecule has 1 aliphatic rings. The van der Waals surface area contributed by atoms with Crippen LogP contribution in [0.4, 0.5) is 0 Å². The third-order valence-electron chi connectivity index (χ3n) is 3.61. The fourth-order valence-electron chi connectivity index (χ4n) is 2.43. The fraction of sp³-hybridized carbons (Fsp3) is 0.467. The molecule has 0 atom stereocenters. The van der Waals surface area contributed by atoms with Crippen molar-refractivity contribution in [2.75, 3.05) is 13.1 Å². The maximum Gasteiger partial charge on any atom is 0.224 e. The molecule has 2 rings (SSSR count). The summed E-state index contributed by atoms with van der Waals surface area (Å²) in [6.45, 7) is 3.01. The summed E-state index contributed by atoms with van der Waals surface area (Å²) in [4.78, 5) is 25.0. The number of piperidine rings is 1. The first-order chi connectivity index (χ1) is 9.56. The van der Waals surface area contributed by atoms with Crippen LogP contribution in [0.1, 0.15) is 25.3 Å². The molecule has 0 aliphatic carbocycles. The Kier molecular flexibility index (Phi) is 5.01. The first kappa shape index (κ1) is 14.9. The zero-order valence-electron chi connectivity index (χ0n) is 11.6. The van der Waals surface area contributed by atoms with Crippen LogP contribution in [-0.2, 0) is 16.0 Å². The first-order valence-electron chi connectivity index (χ1n) is 6.84. The zero-order chi connectivity index (χ0) is 14.5. The Balaban J connectivity index is 1.81. The number of halogens is 1. The van der Waals surface area contributed by atoms with Gasteiger partial charge in [0.15, 0.2) is 0 Å². The van der Waals surface area contributed by atoms with Gasteiger partial charge < -0.3 is 10.2 Å². The number of carbonyl (C=O) groups is 2. The van der Waals surface area contributed by atoms with Crippen LogP contribution in [0, 0.1) is 0 Å². The molecule has 1 saturated heterocycles. The summed E-state index contributed by atoms with van der Waals surface area (Å²) >= 11 is 6.04. The number of benzene rings is 1. The number of amides is 2. The summed E-state index contributed by atoms with van der Waals surface area (Å²) in [5.41, 5.74) is 0.841. The Morgan fingerprint density at radius 3 is 2.55 bits per heavy atom. The van der Waals surface area contributed by atoms with Gasteiger partial charge in [0.05, 0.1) is 6.42 Å². The second-order valence-electron chi connectivity index (χ2n) is 5.12. The number of nitrogens with one attached hydrogen (secondary N) is 1. The van der Waals surface area contributed by atoms with Crippen LogP contribution in [0.3, 0.4) is 0 Å². The highest BCUT2D eigenvalue weighted by Gasteiger charge is 2.22. The van der Waals surface area contributed by atoms with Gasteiger partial charge in [-0.1, -0.05) is 29.8 Å². The van der Waals surface area contributed by atoms with E-state index in [1.165, 1.54) is 0 Å². The van der Waals surface area contributed by atoms with Crippen molar-refractivity contribution in [2.45, 2.75) is 32.2 Å². The van der Waals surface area contributed by atoms with E-state index in [4.69, 9.17) is 11.6 Å². The van der Waals surface area contributed by atoms with Crippen LogP contribution in [0.25, 0.3) is 0 Å².